The smallest absolute Gasteiger partial charge is 0.251 e. The van der Waals surface area contributed by atoms with Crippen LogP contribution in [0.4, 0.5) is 0 Å². The number of hydrogen-bond acceptors (Lipinski definition) is 4. The summed E-state index contributed by atoms with van der Waals surface area (Å²) in [6.45, 7) is 0. The average molecular weight is 306 g/mol. The molecule has 2 aliphatic carbocycles. The van der Waals surface area contributed by atoms with Crippen LogP contribution in [0.1, 0.15) is 50.5 Å². The van der Waals surface area contributed by atoms with Crippen LogP contribution in [0, 0.1) is 0 Å². The molecule has 21 heavy (non-hydrogen) atoms. The Morgan fingerprint density at radius 3 is 2.29 bits per heavy atom. The van der Waals surface area contributed by atoms with Crippen LogP contribution < -0.4 is 9.47 Å². The summed E-state index contributed by atoms with van der Waals surface area (Å²) in [5.74, 6) is 0.953. The SMILES string of the molecule is O=C=NC1(c2cc3c(cc2Cl)OC2(CCC2)O3)CCCC1. The molecule has 5 heteroatoms. The second-order valence-electron chi connectivity index (χ2n) is 6.19. The molecule has 1 aliphatic heterocycles. The molecule has 0 aromatic heterocycles. The number of ether oxygens (including phenoxy) is 2. The molecule has 1 spiro atoms. The van der Waals surface area contributed by atoms with Crippen molar-refractivity contribution < 1.29 is 14.3 Å². The van der Waals surface area contributed by atoms with E-state index in [9.17, 15) is 4.79 Å². The number of halogens is 1. The lowest BCUT2D eigenvalue weighted by atomic mass is 9.88. The Balaban J connectivity index is 1.77. The molecule has 0 radical (unpaired) electrons. The third-order valence-electron chi connectivity index (χ3n) is 4.93. The van der Waals surface area contributed by atoms with E-state index in [1.54, 1.807) is 12.1 Å². The minimum Gasteiger partial charge on any atom is -0.448 e. The maximum Gasteiger partial charge on any atom is 0.251 e. The molecule has 0 saturated heterocycles. The largest absolute Gasteiger partial charge is 0.448 e. The van der Waals surface area contributed by atoms with Crippen molar-refractivity contribution in [1.82, 2.24) is 0 Å². The van der Waals surface area contributed by atoms with Crippen molar-refractivity contribution in [3.05, 3.63) is 22.7 Å². The molecule has 110 valence electrons. The molecule has 0 atom stereocenters. The third-order valence-corrected chi connectivity index (χ3v) is 5.25. The van der Waals surface area contributed by atoms with Crippen LogP contribution in [-0.2, 0) is 10.3 Å². The predicted molar refractivity (Wildman–Crippen MR) is 77.6 cm³/mol. The number of benzene rings is 1. The number of fused-ring (bicyclic) bond motifs is 1. The third kappa shape index (κ3) is 1.90. The Morgan fingerprint density at radius 2 is 1.71 bits per heavy atom. The van der Waals surface area contributed by atoms with Crippen LogP contribution in [-0.4, -0.2) is 11.9 Å². The van der Waals surface area contributed by atoms with Gasteiger partial charge in [-0.2, -0.15) is 4.99 Å². The number of rotatable bonds is 2. The number of isocyanates is 1. The zero-order valence-electron chi connectivity index (χ0n) is 11.7. The zero-order chi connectivity index (χ0) is 14.5. The van der Waals surface area contributed by atoms with E-state index in [0.29, 0.717) is 10.8 Å². The Kier molecular flexibility index (Phi) is 2.82. The molecule has 2 fully saturated rings. The Labute approximate surface area is 128 Å². The lowest BCUT2D eigenvalue weighted by molar-refractivity contribution is -0.138. The fourth-order valence-corrected chi connectivity index (χ4v) is 3.96. The van der Waals surface area contributed by atoms with Gasteiger partial charge in [0.1, 0.15) is 0 Å². The summed E-state index contributed by atoms with van der Waals surface area (Å²) in [6, 6.07) is 3.72. The van der Waals surface area contributed by atoms with E-state index in [4.69, 9.17) is 21.1 Å². The van der Waals surface area contributed by atoms with E-state index < -0.39 is 11.3 Å². The van der Waals surface area contributed by atoms with Gasteiger partial charge in [-0.1, -0.05) is 24.4 Å². The van der Waals surface area contributed by atoms with E-state index in [2.05, 4.69) is 4.99 Å². The number of aliphatic imine (C=N–C) groups is 1. The van der Waals surface area contributed by atoms with Gasteiger partial charge in [-0.05, 0) is 25.3 Å². The highest BCUT2D eigenvalue weighted by molar-refractivity contribution is 6.31. The minimum atomic E-state index is -0.535. The Bertz CT molecular complexity index is 641. The first-order valence-electron chi connectivity index (χ1n) is 7.48. The van der Waals surface area contributed by atoms with E-state index in [0.717, 1.165) is 56.3 Å². The highest BCUT2D eigenvalue weighted by atomic mass is 35.5. The number of hydrogen-bond donors (Lipinski definition) is 0. The minimum absolute atomic E-state index is 0.471. The summed E-state index contributed by atoms with van der Waals surface area (Å²) in [7, 11) is 0. The van der Waals surface area contributed by atoms with Crippen LogP contribution in [0.15, 0.2) is 17.1 Å². The highest BCUT2D eigenvalue weighted by Gasteiger charge is 2.48. The predicted octanol–water partition coefficient (Wildman–Crippen LogP) is 4.10. The van der Waals surface area contributed by atoms with Crippen molar-refractivity contribution in [2.24, 2.45) is 4.99 Å². The number of carbonyl (C=O) groups excluding carboxylic acids is 1. The monoisotopic (exact) mass is 305 g/mol. The van der Waals surface area contributed by atoms with Crippen LogP contribution in [0.25, 0.3) is 0 Å². The van der Waals surface area contributed by atoms with E-state index >= 15 is 0 Å². The summed E-state index contributed by atoms with van der Waals surface area (Å²) in [5, 5.41) is 0.592. The molecule has 2 saturated carbocycles. The van der Waals surface area contributed by atoms with Gasteiger partial charge in [0.05, 0.1) is 10.6 Å². The van der Waals surface area contributed by atoms with E-state index in [1.807, 2.05) is 6.07 Å². The fraction of sp³-hybridized carbons (Fsp3) is 0.562. The normalized spacial score (nSPS) is 23.7. The van der Waals surface area contributed by atoms with Crippen LogP contribution in [0.5, 0.6) is 11.5 Å². The fourth-order valence-electron chi connectivity index (χ4n) is 3.63. The van der Waals surface area contributed by atoms with Gasteiger partial charge in [0.2, 0.25) is 6.08 Å². The van der Waals surface area contributed by atoms with Gasteiger partial charge in [0.15, 0.2) is 11.5 Å². The van der Waals surface area contributed by atoms with Crippen molar-refractivity contribution >= 4 is 17.7 Å². The quantitative estimate of drug-likeness (QED) is 0.610. The molecular weight excluding hydrogens is 290 g/mol. The van der Waals surface area contributed by atoms with Crippen LogP contribution in [0.2, 0.25) is 5.02 Å². The summed E-state index contributed by atoms with van der Waals surface area (Å²) in [5.41, 5.74) is 0.329. The molecule has 0 unspecified atom stereocenters. The van der Waals surface area contributed by atoms with Crippen LogP contribution >= 0.6 is 11.6 Å². The Morgan fingerprint density at radius 1 is 1.05 bits per heavy atom. The second-order valence-corrected chi connectivity index (χ2v) is 6.60. The molecule has 3 aliphatic rings. The summed E-state index contributed by atoms with van der Waals surface area (Å²) < 4.78 is 11.9. The lowest BCUT2D eigenvalue weighted by Gasteiger charge is -2.35. The Hall–Kier alpha value is -1.51. The van der Waals surface area contributed by atoms with Crippen molar-refractivity contribution in [1.29, 1.82) is 0 Å². The maximum absolute atomic E-state index is 10.9. The van der Waals surface area contributed by atoms with Crippen molar-refractivity contribution in [3.8, 4) is 11.5 Å². The van der Waals surface area contributed by atoms with Gasteiger partial charge in [-0.25, -0.2) is 4.79 Å². The molecule has 0 amide bonds. The molecule has 4 nitrogen and oxygen atoms in total. The van der Waals surface area contributed by atoms with Crippen molar-refractivity contribution in [2.45, 2.75) is 56.3 Å². The van der Waals surface area contributed by atoms with Gasteiger partial charge in [-0.15, -0.1) is 0 Å². The van der Waals surface area contributed by atoms with E-state index in [-0.39, 0.29) is 0 Å². The first-order chi connectivity index (χ1) is 10.2. The summed E-state index contributed by atoms with van der Waals surface area (Å²) in [4.78, 5) is 14.9. The van der Waals surface area contributed by atoms with Crippen molar-refractivity contribution in [3.63, 3.8) is 0 Å². The summed E-state index contributed by atoms with van der Waals surface area (Å²) >= 11 is 6.44. The first kappa shape index (κ1) is 13.2. The van der Waals surface area contributed by atoms with Crippen molar-refractivity contribution in [2.75, 3.05) is 0 Å². The summed E-state index contributed by atoms with van der Waals surface area (Å²) in [6.07, 6.45) is 8.40. The standard InChI is InChI=1S/C16H16ClNO3/c17-12-9-14-13(20-16(21-14)6-3-7-16)8-11(12)15(18-10-19)4-1-2-5-15/h8-9H,1-7H2. The van der Waals surface area contributed by atoms with Crippen LogP contribution in [0.3, 0.4) is 0 Å². The van der Waals surface area contributed by atoms with Gasteiger partial charge < -0.3 is 9.47 Å². The lowest BCUT2D eigenvalue weighted by Crippen LogP contribution is -2.45. The maximum atomic E-state index is 10.9. The molecule has 1 aromatic rings. The zero-order valence-corrected chi connectivity index (χ0v) is 12.4. The van der Waals surface area contributed by atoms with Gasteiger partial charge in [-0.3, -0.25) is 0 Å². The first-order valence-corrected chi connectivity index (χ1v) is 7.85. The van der Waals surface area contributed by atoms with Gasteiger partial charge >= 0.3 is 0 Å². The van der Waals surface area contributed by atoms with Gasteiger partial charge in [0, 0.05) is 24.5 Å². The molecule has 1 heterocycles. The molecule has 4 rings (SSSR count). The average Bonchev–Trinajstić information content (AvgIpc) is 3.02. The highest BCUT2D eigenvalue weighted by Crippen LogP contribution is 2.53. The molecule has 0 N–H and O–H groups in total. The molecule has 1 aromatic carbocycles. The van der Waals surface area contributed by atoms with Gasteiger partial charge in [0.25, 0.3) is 5.79 Å². The number of nitrogens with zero attached hydrogens (tertiary/aromatic N) is 1. The second kappa shape index (κ2) is 4.49. The molecular formula is C16H16ClNO3. The van der Waals surface area contributed by atoms with E-state index in [1.165, 1.54) is 0 Å². The topological polar surface area (TPSA) is 47.9 Å². The molecule has 0 bridgehead atoms.